The zero-order valence-electron chi connectivity index (χ0n) is 21.3. The Morgan fingerprint density at radius 1 is 0.706 bits per heavy atom. The van der Waals surface area contributed by atoms with Crippen molar-refractivity contribution < 1.29 is 13.5 Å². The molecule has 190 valence electrons. The van der Waals surface area contributed by atoms with Gasteiger partial charge < -0.3 is 4.74 Å². The summed E-state index contributed by atoms with van der Waals surface area (Å²) >= 11 is 0. The van der Waals surface area contributed by atoms with Gasteiger partial charge in [0.05, 0.1) is 0 Å². The summed E-state index contributed by atoms with van der Waals surface area (Å²) in [5.41, 5.74) is 2.08. The van der Waals surface area contributed by atoms with Gasteiger partial charge in [-0.2, -0.15) is 0 Å². The lowest BCUT2D eigenvalue weighted by atomic mass is 10.1. The van der Waals surface area contributed by atoms with E-state index in [-0.39, 0.29) is 19.4 Å². The predicted octanol–water partition coefficient (Wildman–Crippen LogP) is 8.85. The molecule has 2 rings (SSSR count). The van der Waals surface area contributed by atoms with Crippen LogP contribution in [-0.4, -0.2) is 28.9 Å². The SMILES string of the molecule is CCCCCCCCCc1cnc(-c2ccc(OCC(F)CCC(F)CCCCC)cc2)nc1. The zero-order chi connectivity index (χ0) is 24.4. The summed E-state index contributed by atoms with van der Waals surface area (Å²) in [5.74, 6) is 1.27. The van der Waals surface area contributed by atoms with E-state index in [2.05, 4.69) is 23.8 Å². The standard InChI is InChI=1S/C29H44F2N2O/c1-3-5-7-8-9-10-12-13-24-21-32-29(33-22-24)25-15-19-28(20-16-25)34-23-27(31)18-17-26(30)14-11-6-4-2/h15-16,19-22,26-27H,3-14,17-18,23H2,1-2H3. The van der Waals surface area contributed by atoms with Crippen LogP contribution in [0, 0.1) is 0 Å². The number of nitrogens with zero attached hydrogens (tertiary/aromatic N) is 2. The summed E-state index contributed by atoms with van der Waals surface area (Å²) in [7, 11) is 0. The number of aromatic nitrogens is 2. The van der Waals surface area contributed by atoms with Gasteiger partial charge in [-0.05, 0) is 61.9 Å². The minimum Gasteiger partial charge on any atom is -0.491 e. The summed E-state index contributed by atoms with van der Waals surface area (Å²) in [4.78, 5) is 9.02. The van der Waals surface area contributed by atoms with Crippen molar-refractivity contribution in [2.45, 2.75) is 116 Å². The van der Waals surface area contributed by atoms with Crippen molar-refractivity contribution in [3.8, 4) is 17.1 Å². The average molecular weight is 475 g/mol. The van der Waals surface area contributed by atoms with E-state index in [1.807, 2.05) is 24.5 Å². The second kappa shape index (κ2) is 17.4. The Balaban J connectivity index is 1.67. The second-order valence-corrected chi connectivity index (χ2v) is 9.39. The van der Waals surface area contributed by atoms with Crippen LogP contribution in [0.2, 0.25) is 0 Å². The first-order valence-corrected chi connectivity index (χ1v) is 13.4. The summed E-state index contributed by atoms with van der Waals surface area (Å²) in [6.45, 7) is 4.29. The predicted molar refractivity (Wildman–Crippen MR) is 138 cm³/mol. The number of alkyl halides is 2. The van der Waals surface area contributed by atoms with E-state index < -0.39 is 12.3 Å². The highest BCUT2D eigenvalue weighted by Crippen LogP contribution is 2.21. The molecule has 0 saturated carbocycles. The van der Waals surface area contributed by atoms with Gasteiger partial charge in [-0.15, -0.1) is 0 Å². The molecule has 0 N–H and O–H groups in total. The molecular weight excluding hydrogens is 430 g/mol. The number of hydrogen-bond donors (Lipinski definition) is 0. The summed E-state index contributed by atoms with van der Waals surface area (Å²) in [5, 5.41) is 0. The van der Waals surface area contributed by atoms with E-state index in [4.69, 9.17) is 4.74 Å². The van der Waals surface area contributed by atoms with E-state index in [1.54, 1.807) is 12.1 Å². The van der Waals surface area contributed by atoms with Crippen LogP contribution in [0.25, 0.3) is 11.4 Å². The van der Waals surface area contributed by atoms with Crippen LogP contribution in [0.5, 0.6) is 5.75 Å². The summed E-state index contributed by atoms with van der Waals surface area (Å²) in [6, 6.07) is 7.39. The van der Waals surface area contributed by atoms with Crippen molar-refractivity contribution in [2.75, 3.05) is 6.61 Å². The number of halogens is 2. The monoisotopic (exact) mass is 474 g/mol. The number of ether oxygens (including phenoxy) is 1. The Morgan fingerprint density at radius 3 is 1.97 bits per heavy atom. The highest BCUT2D eigenvalue weighted by Gasteiger charge is 2.13. The lowest BCUT2D eigenvalue weighted by molar-refractivity contribution is 0.168. The molecule has 1 heterocycles. The van der Waals surface area contributed by atoms with Crippen LogP contribution in [-0.2, 0) is 6.42 Å². The molecule has 3 nitrogen and oxygen atoms in total. The van der Waals surface area contributed by atoms with Crippen molar-refractivity contribution in [1.29, 1.82) is 0 Å². The molecule has 5 heteroatoms. The van der Waals surface area contributed by atoms with Gasteiger partial charge in [0.2, 0.25) is 0 Å². The average Bonchev–Trinajstić information content (AvgIpc) is 2.86. The molecule has 0 amide bonds. The molecule has 0 bridgehead atoms. The summed E-state index contributed by atoms with van der Waals surface area (Å²) in [6.07, 6.45) is 15.8. The first-order chi connectivity index (χ1) is 16.6. The fourth-order valence-electron chi connectivity index (χ4n) is 4.01. The Kier molecular flexibility index (Phi) is 14.4. The first kappa shape index (κ1) is 28.2. The van der Waals surface area contributed by atoms with Crippen molar-refractivity contribution in [3.63, 3.8) is 0 Å². The molecule has 2 atom stereocenters. The summed E-state index contributed by atoms with van der Waals surface area (Å²) < 4.78 is 33.4. The second-order valence-electron chi connectivity index (χ2n) is 9.39. The van der Waals surface area contributed by atoms with Crippen molar-refractivity contribution in [2.24, 2.45) is 0 Å². The number of rotatable bonds is 19. The highest BCUT2D eigenvalue weighted by atomic mass is 19.1. The smallest absolute Gasteiger partial charge is 0.159 e. The number of benzene rings is 1. The van der Waals surface area contributed by atoms with Crippen molar-refractivity contribution >= 4 is 0 Å². The van der Waals surface area contributed by atoms with Gasteiger partial charge in [-0.25, -0.2) is 18.7 Å². The minimum atomic E-state index is -1.16. The molecule has 2 unspecified atom stereocenters. The van der Waals surface area contributed by atoms with Crippen molar-refractivity contribution in [3.05, 3.63) is 42.2 Å². The molecule has 0 radical (unpaired) electrons. The van der Waals surface area contributed by atoms with E-state index in [9.17, 15) is 8.78 Å². The number of aryl methyl sites for hydroxylation is 1. The van der Waals surface area contributed by atoms with E-state index >= 15 is 0 Å². The van der Waals surface area contributed by atoms with E-state index in [0.29, 0.717) is 18.0 Å². The normalized spacial score (nSPS) is 13.1. The Labute approximate surface area is 205 Å². The Bertz CT molecular complexity index is 752. The van der Waals surface area contributed by atoms with Gasteiger partial charge in [0.1, 0.15) is 24.7 Å². The third kappa shape index (κ3) is 11.9. The van der Waals surface area contributed by atoms with Gasteiger partial charge in [0.25, 0.3) is 0 Å². The third-order valence-electron chi connectivity index (χ3n) is 6.23. The lowest BCUT2D eigenvalue weighted by Gasteiger charge is -2.12. The number of hydrogen-bond acceptors (Lipinski definition) is 3. The van der Waals surface area contributed by atoms with Gasteiger partial charge in [-0.3, -0.25) is 0 Å². The van der Waals surface area contributed by atoms with Crippen LogP contribution >= 0.6 is 0 Å². The highest BCUT2D eigenvalue weighted by molar-refractivity contribution is 5.55. The van der Waals surface area contributed by atoms with Crippen LogP contribution < -0.4 is 4.74 Å². The van der Waals surface area contributed by atoms with E-state index in [1.165, 1.54) is 50.5 Å². The molecule has 0 aliphatic rings. The molecule has 0 aliphatic heterocycles. The Morgan fingerprint density at radius 2 is 1.29 bits per heavy atom. The first-order valence-electron chi connectivity index (χ1n) is 13.4. The largest absolute Gasteiger partial charge is 0.491 e. The third-order valence-corrected chi connectivity index (χ3v) is 6.23. The topological polar surface area (TPSA) is 35.0 Å². The zero-order valence-corrected chi connectivity index (χ0v) is 21.3. The lowest BCUT2D eigenvalue weighted by Crippen LogP contribution is -2.15. The van der Waals surface area contributed by atoms with E-state index in [0.717, 1.165) is 31.2 Å². The van der Waals surface area contributed by atoms with Crippen LogP contribution in [0.4, 0.5) is 8.78 Å². The maximum Gasteiger partial charge on any atom is 0.159 e. The molecule has 0 spiro atoms. The Hall–Kier alpha value is -2.04. The van der Waals surface area contributed by atoms with Crippen LogP contribution in [0.15, 0.2) is 36.7 Å². The molecule has 1 aromatic heterocycles. The van der Waals surface area contributed by atoms with Crippen LogP contribution in [0.3, 0.4) is 0 Å². The van der Waals surface area contributed by atoms with Gasteiger partial charge in [0.15, 0.2) is 5.82 Å². The van der Waals surface area contributed by atoms with Gasteiger partial charge in [0, 0.05) is 18.0 Å². The molecule has 0 fully saturated rings. The molecule has 1 aromatic carbocycles. The quantitative estimate of drug-likeness (QED) is 0.191. The maximum atomic E-state index is 14.1. The molecule has 0 aliphatic carbocycles. The molecular formula is C29H44F2N2O. The fraction of sp³-hybridized carbons (Fsp3) is 0.655. The molecule has 2 aromatic rings. The minimum absolute atomic E-state index is 0.0508. The van der Waals surface area contributed by atoms with Gasteiger partial charge >= 0.3 is 0 Å². The van der Waals surface area contributed by atoms with Gasteiger partial charge in [-0.1, -0.05) is 71.6 Å². The number of unbranched alkanes of at least 4 members (excludes halogenated alkanes) is 8. The molecule has 34 heavy (non-hydrogen) atoms. The molecule has 0 saturated heterocycles. The van der Waals surface area contributed by atoms with Crippen molar-refractivity contribution in [1.82, 2.24) is 9.97 Å². The maximum absolute atomic E-state index is 14.1. The van der Waals surface area contributed by atoms with Crippen LogP contribution in [0.1, 0.15) is 103 Å². The fourth-order valence-corrected chi connectivity index (χ4v) is 4.01.